The first kappa shape index (κ1) is 57.2. The molecule has 0 rings (SSSR count). The lowest BCUT2D eigenvalue weighted by Gasteiger charge is -2.20. The molecule has 59 heavy (non-hydrogen) atoms. The molecular formula is C48H89O10P. The lowest BCUT2D eigenvalue weighted by molar-refractivity contribution is -0.161. The van der Waals surface area contributed by atoms with Crippen molar-refractivity contribution in [2.75, 3.05) is 26.4 Å². The normalized spacial score (nSPS) is 14.1. The van der Waals surface area contributed by atoms with Crippen molar-refractivity contribution < 1.29 is 47.8 Å². The molecule has 0 aromatic carbocycles. The number of esters is 2. The SMILES string of the molecule is CCCCCC/C=C\CCCCCCCC(=O)OCC(COP(=O)(O)OCC(O)CO)OC(=O)CCCCCCCCCCCCC/C=C\C/C=C\CCCCCCC. The van der Waals surface area contributed by atoms with E-state index in [1.807, 2.05) is 0 Å². The van der Waals surface area contributed by atoms with E-state index in [0.717, 1.165) is 64.2 Å². The molecule has 0 fully saturated rings. The van der Waals surface area contributed by atoms with Gasteiger partial charge in [0.25, 0.3) is 0 Å². The first-order valence-electron chi connectivity index (χ1n) is 23.9. The van der Waals surface area contributed by atoms with E-state index in [1.54, 1.807) is 0 Å². The number of ether oxygens (including phenoxy) is 2. The van der Waals surface area contributed by atoms with Gasteiger partial charge in [0, 0.05) is 12.8 Å². The summed E-state index contributed by atoms with van der Waals surface area (Å²) in [6.07, 6.45) is 46.8. The van der Waals surface area contributed by atoms with Gasteiger partial charge in [0.05, 0.1) is 19.8 Å². The number of aliphatic hydroxyl groups is 2. The summed E-state index contributed by atoms with van der Waals surface area (Å²) in [5.74, 6) is -0.932. The van der Waals surface area contributed by atoms with Crippen LogP contribution in [0.25, 0.3) is 0 Å². The first-order valence-corrected chi connectivity index (χ1v) is 25.4. The average Bonchev–Trinajstić information content (AvgIpc) is 3.22. The molecule has 0 radical (unpaired) electrons. The van der Waals surface area contributed by atoms with Crippen LogP contribution in [0.1, 0.15) is 219 Å². The Morgan fingerprint density at radius 2 is 0.881 bits per heavy atom. The van der Waals surface area contributed by atoms with Gasteiger partial charge in [-0.2, -0.15) is 0 Å². The van der Waals surface area contributed by atoms with Crippen LogP contribution in [0.4, 0.5) is 0 Å². The fourth-order valence-electron chi connectivity index (χ4n) is 6.55. The Bertz CT molecular complexity index is 1080. The quantitative estimate of drug-likeness (QED) is 0.0234. The van der Waals surface area contributed by atoms with Crippen molar-refractivity contribution >= 4 is 19.8 Å². The van der Waals surface area contributed by atoms with Crippen LogP contribution in [0.15, 0.2) is 36.5 Å². The third-order valence-electron chi connectivity index (χ3n) is 10.3. The zero-order chi connectivity index (χ0) is 43.3. The average molecular weight is 857 g/mol. The number of allylic oxidation sites excluding steroid dienone is 6. The summed E-state index contributed by atoms with van der Waals surface area (Å²) < 4.78 is 32.8. The van der Waals surface area contributed by atoms with Gasteiger partial charge in [-0.25, -0.2) is 4.57 Å². The van der Waals surface area contributed by atoms with Gasteiger partial charge in [0.1, 0.15) is 12.7 Å². The molecule has 0 saturated heterocycles. The highest BCUT2D eigenvalue weighted by atomic mass is 31.2. The van der Waals surface area contributed by atoms with Gasteiger partial charge in [-0.3, -0.25) is 18.6 Å². The minimum absolute atomic E-state index is 0.181. The van der Waals surface area contributed by atoms with Gasteiger partial charge in [0.15, 0.2) is 6.10 Å². The molecule has 10 nitrogen and oxygen atoms in total. The summed E-state index contributed by atoms with van der Waals surface area (Å²) in [5.41, 5.74) is 0. The second-order valence-corrected chi connectivity index (χ2v) is 17.6. The molecule has 346 valence electrons. The van der Waals surface area contributed by atoms with Gasteiger partial charge < -0.3 is 24.6 Å². The number of phosphoric ester groups is 1. The van der Waals surface area contributed by atoms with Crippen molar-refractivity contribution in [2.45, 2.75) is 232 Å². The standard InChI is InChI=1S/C48H89O10P/c1-3-5-7-9-11-13-15-17-18-19-20-21-22-23-24-25-26-28-30-32-34-36-38-40-48(52)58-46(44-57-59(53,54)56-42-45(50)41-49)43-55-47(51)39-37-35-33-31-29-27-16-14-12-10-8-6-4-2/h14-17,19-20,45-46,49-50H,3-13,18,21-44H2,1-2H3,(H,53,54)/b16-14-,17-15-,20-19-. The van der Waals surface area contributed by atoms with Crippen LogP contribution in [-0.2, 0) is 32.7 Å². The van der Waals surface area contributed by atoms with E-state index in [2.05, 4.69) is 50.3 Å². The monoisotopic (exact) mass is 857 g/mol. The van der Waals surface area contributed by atoms with Crippen molar-refractivity contribution in [3.63, 3.8) is 0 Å². The number of phosphoric acid groups is 1. The molecule has 0 heterocycles. The first-order chi connectivity index (χ1) is 28.7. The predicted octanol–water partition coefficient (Wildman–Crippen LogP) is 13.1. The van der Waals surface area contributed by atoms with E-state index in [9.17, 15) is 24.2 Å². The highest BCUT2D eigenvalue weighted by Crippen LogP contribution is 2.43. The van der Waals surface area contributed by atoms with Gasteiger partial charge in [-0.1, -0.05) is 172 Å². The van der Waals surface area contributed by atoms with E-state index >= 15 is 0 Å². The predicted molar refractivity (Wildman–Crippen MR) is 242 cm³/mol. The van der Waals surface area contributed by atoms with Crippen LogP contribution >= 0.6 is 7.82 Å². The van der Waals surface area contributed by atoms with Gasteiger partial charge in [-0.15, -0.1) is 0 Å². The van der Waals surface area contributed by atoms with Crippen molar-refractivity contribution in [1.82, 2.24) is 0 Å². The molecule has 3 atom stereocenters. The summed E-state index contributed by atoms with van der Waals surface area (Å²) >= 11 is 0. The minimum atomic E-state index is -4.62. The Labute approximate surface area is 361 Å². The molecule has 11 heteroatoms. The van der Waals surface area contributed by atoms with Crippen molar-refractivity contribution in [3.8, 4) is 0 Å². The molecule has 0 aliphatic rings. The Hall–Kier alpha value is -1.81. The highest BCUT2D eigenvalue weighted by molar-refractivity contribution is 7.47. The van der Waals surface area contributed by atoms with E-state index in [4.69, 9.17) is 23.6 Å². The van der Waals surface area contributed by atoms with Crippen LogP contribution in [0, 0.1) is 0 Å². The van der Waals surface area contributed by atoms with Crippen molar-refractivity contribution in [1.29, 1.82) is 0 Å². The van der Waals surface area contributed by atoms with Gasteiger partial charge in [-0.05, 0) is 70.6 Å². The summed E-state index contributed by atoms with van der Waals surface area (Å²) in [5, 5.41) is 18.4. The summed E-state index contributed by atoms with van der Waals surface area (Å²) in [6, 6.07) is 0. The number of aliphatic hydroxyl groups excluding tert-OH is 2. The third kappa shape index (κ3) is 44.1. The van der Waals surface area contributed by atoms with Crippen LogP contribution in [-0.4, -0.2) is 65.7 Å². The van der Waals surface area contributed by atoms with Crippen molar-refractivity contribution in [3.05, 3.63) is 36.5 Å². The third-order valence-corrected chi connectivity index (χ3v) is 11.2. The Kier molecular flexibility index (Phi) is 42.9. The molecule has 0 aliphatic heterocycles. The second-order valence-electron chi connectivity index (χ2n) is 16.1. The molecular weight excluding hydrogens is 767 g/mol. The van der Waals surface area contributed by atoms with Crippen LogP contribution in [0.2, 0.25) is 0 Å². The van der Waals surface area contributed by atoms with E-state index in [1.165, 1.54) is 116 Å². The maximum Gasteiger partial charge on any atom is 0.472 e. The Morgan fingerprint density at radius 3 is 1.34 bits per heavy atom. The highest BCUT2D eigenvalue weighted by Gasteiger charge is 2.27. The number of carbonyl (C=O) groups excluding carboxylic acids is 2. The Morgan fingerprint density at radius 1 is 0.508 bits per heavy atom. The fourth-order valence-corrected chi connectivity index (χ4v) is 7.34. The Balaban J connectivity index is 4.18. The molecule has 0 amide bonds. The largest absolute Gasteiger partial charge is 0.472 e. The lowest BCUT2D eigenvalue weighted by atomic mass is 10.0. The maximum absolute atomic E-state index is 12.6. The second kappa shape index (κ2) is 44.3. The molecule has 0 spiro atoms. The number of rotatable bonds is 45. The van der Waals surface area contributed by atoms with Gasteiger partial charge in [0.2, 0.25) is 0 Å². The van der Waals surface area contributed by atoms with Crippen LogP contribution in [0.3, 0.4) is 0 Å². The summed E-state index contributed by atoms with van der Waals surface area (Å²) in [4.78, 5) is 35.0. The number of hydrogen-bond acceptors (Lipinski definition) is 9. The molecule has 0 saturated carbocycles. The number of unbranched alkanes of at least 4 members (excludes halogenated alkanes) is 25. The topological polar surface area (TPSA) is 149 Å². The maximum atomic E-state index is 12.6. The van der Waals surface area contributed by atoms with E-state index in [0.29, 0.717) is 12.8 Å². The van der Waals surface area contributed by atoms with E-state index < -0.39 is 51.8 Å². The molecule has 0 aromatic heterocycles. The zero-order valence-electron chi connectivity index (χ0n) is 37.7. The summed E-state index contributed by atoms with van der Waals surface area (Å²) in [7, 11) is -4.62. The molecule has 0 aliphatic carbocycles. The molecule has 3 unspecified atom stereocenters. The summed E-state index contributed by atoms with van der Waals surface area (Å²) in [6.45, 7) is 2.36. The number of hydrogen-bond donors (Lipinski definition) is 3. The van der Waals surface area contributed by atoms with E-state index in [-0.39, 0.29) is 19.4 Å². The zero-order valence-corrected chi connectivity index (χ0v) is 38.6. The number of carbonyl (C=O) groups is 2. The van der Waals surface area contributed by atoms with Crippen LogP contribution < -0.4 is 0 Å². The minimum Gasteiger partial charge on any atom is -0.462 e. The van der Waals surface area contributed by atoms with Crippen LogP contribution in [0.5, 0.6) is 0 Å². The van der Waals surface area contributed by atoms with Gasteiger partial charge >= 0.3 is 19.8 Å². The van der Waals surface area contributed by atoms with Crippen molar-refractivity contribution in [2.24, 2.45) is 0 Å². The molecule has 3 N–H and O–H groups in total. The smallest absolute Gasteiger partial charge is 0.462 e. The lowest BCUT2D eigenvalue weighted by Crippen LogP contribution is -2.29. The molecule has 0 bridgehead atoms. The fraction of sp³-hybridized carbons (Fsp3) is 0.833. The molecule has 0 aromatic rings.